The molecule has 0 saturated carbocycles. The number of fused-ring (bicyclic) bond motifs is 10. The van der Waals surface area contributed by atoms with Crippen LogP contribution in [0.2, 0.25) is 0 Å². The fourth-order valence-corrected chi connectivity index (χ4v) is 10.4. The molecule has 15 rings (SSSR count). The summed E-state index contributed by atoms with van der Waals surface area (Å²) in [6.07, 6.45) is 9.01. The topological polar surface area (TPSA) is 137 Å². The number of pyridine rings is 4. The molecule has 0 spiro atoms. The van der Waals surface area contributed by atoms with Gasteiger partial charge in [0.2, 0.25) is 11.8 Å². The molecule has 11 aromatic rings. The number of ether oxygens (including phenoxy) is 4. The minimum Gasteiger partial charge on any atom is -0.464 e. The first-order valence-corrected chi connectivity index (χ1v) is 21.9. The van der Waals surface area contributed by atoms with Crippen molar-refractivity contribution in [3.05, 3.63) is 146 Å². The van der Waals surface area contributed by atoms with Crippen molar-refractivity contribution in [1.82, 2.24) is 39.0 Å². The Morgan fingerprint density at radius 2 is 0.925 bits per heavy atom. The second kappa shape index (κ2) is 13.3. The number of imidazole rings is 2. The first-order chi connectivity index (χ1) is 33.0. The molecule has 15 heteroatoms. The smallest absolute Gasteiger partial charge is 0.262 e. The molecule has 4 aliphatic heterocycles. The van der Waals surface area contributed by atoms with Crippen LogP contribution in [0.15, 0.2) is 151 Å². The lowest BCUT2D eigenvalue weighted by Crippen LogP contribution is -2.57. The Hall–Kier alpha value is -8.97. The van der Waals surface area contributed by atoms with Crippen molar-refractivity contribution in [3.8, 4) is 91.5 Å². The maximum absolute atomic E-state index is 6.59. The lowest BCUT2D eigenvalue weighted by Gasteiger charge is -2.32. The first-order valence-electron chi connectivity index (χ1n) is 21.9. The molecule has 314 valence electrons. The lowest BCUT2D eigenvalue weighted by atomic mass is 9.35. The van der Waals surface area contributed by atoms with E-state index in [1.807, 2.05) is 121 Å². The summed E-state index contributed by atoms with van der Waals surface area (Å²) in [7, 11) is 3.95. The third kappa shape index (κ3) is 5.21. The van der Waals surface area contributed by atoms with Gasteiger partial charge in [0.05, 0.1) is 6.26 Å². The van der Waals surface area contributed by atoms with E-state index in [0.717, 1.165) is 123 Å². The monoisotopic (exact) mass is 868 g/mol. The van der Waals surface area contributed by atoms with Crippen LogP contribution in [0.4, 0.5) is 0 Å². The van der Waals surface area contributed by atoms with Crippen LogP contribution in [0.5, 0.6) is 46.3 Å². The highest BCUT2D eigenvalue weighted by atomic mass is 16.5. The van der Waals surface area contributed by atoms with Gasteiger partial charge in [-0.15, -0.1) is 0 Å². The van der Waals surface area contributed by atoms with E-state index in [9.17, 15) is 0 Å². The summed E-state index contributed by atoms with van der Waals surface area (Å²) in [6, 6.07) is 38.4. The van der Waals surface area contributed by atoms with Crippen molar-refractivity contribution in [3.63, 3.8) is 0 Å². The SMILES string of the molecule is Cn1c(-c2cnc3c(c2)B2c4cc(-c5coc(-c6ccc7c(c6)B6c8cc(-c9nc%10cccnc%10n9C)cnc8Oc8cccc(c86)O7)c5)ccc4Oc4cccc(c42)O3)nc2cccnc21. The Balaban J connectivity index is 0.815. The molecule has 0 saturated heterocycles. The van der Waals surface area contributed by atoms with E-state index in [4.69, 9.17) is 43.3 Å². The van der Waals surface area contributed by atoms with E-state index in [0.29, 0.717) is 23.3 Å². The summed E-state index contributed by atoms with van der Waals surface area (Å²) in [5, 5.41) is 0. The maximum Gasteiger partial charge on any atom is 0.262 e. The largest absolute Gasteiger partial charge is 0.464 e. The van der Waals surface area contributed by atoms with Gasteiger partial charge in [0.25, 0.3) is 13.4 Å². The zero-order valence-corrected chi connectivity index (χ0v) is 35.6. The highest BCUT2D eigenvalue weighted by molar-refractivity contribution is 6.99. The van der Waals surface area contributed by atoms with Crippen molar-refractivity contribution in [1.29, 1.82) is 0 Å². The summed E-state index contributed by atoms with van der Waals surface area (Å²) in [6.45, 7) is -0.448. The lowest BCUT2D eigenvalue weighted by molar-refractivity contribution is 0.453. The molecular weight excluding hydrogens is 838 g/mol. The van der Waals surface area contributed by atoms with Crippen LogP contribution in [0, 0.1) is 0 Å². The number of furan rings is 1. The number of benzene rings is 4. The van der Waals surface area contributed by atoms with Crippen molar-refractivity contribution >= 4 is 68.5 Å². The summed E-state index contributed by atoms with van der Waals surface area (Å²) in [5.41, 5.74) is 13.5. The molecule has 0 bridgehead atoms. The molecule has 0 N–H and O–H groups in total. The van der Waals surface area contributed by atoms with Crippen LogP contribution in [0.3, 0.4) is 0 Å². The van der Waals surface area contributed by atoms with Crippen molar-refractivity contribution in [2.45, 2.75) is 0 Å². The van der Waals surface area contributed by atoms with Crippen molar-refractivity contribution < 1.29 is 23.4 Å². The van der Waals surface area contributed by atoms with Gasteiger partial charge in [-0.25, -0.2) is 29.9 Å². The van der Waals surface area contributed by atoms with E-state index in [-0.39, 0.29) is 13.4 Å². The van der Waals surface area contributed by atoms with Crippen LogP contribution in [-0.2, 0) is 14.1 Å². The molecule has 0 radical (unpaired) electrons. The fourth-order valence-electron chi connectivity index (χ4n) is 10.4. The molecule has 11 heterocycles. The van der Waals surface area contributed by atoms with Gasteiger partial charge in [-0.3, -0.25) is 0 Å². The van der Waals surface area contributed by atoms with Crippen LogP contribution in [-0.4, -0.2) is 52.5 Å². The molecule has 67 heavy (non-hydrogen) atoms. The minimum absolute atomic E-state index is 0.218. The van der Waals surface area contributed by atoms with Gasteiger partial charge in [0, 0.05) is 72.1 Å². The fraction of sp³-hybridized carbons (Fsp3) is 0.0385. The van der Waals surface area contributed by atoms with Gasteiger partial charge in [0.15, 0.2) is 11.3 Å². The van der Waals surface area contributed by atoms with E-state index in [1.54, 1.807) is 12.4 Å². The molecule has 0 atom stereocenters. The standard InChI is InChI=1S/C52H30B2N8O5/c1-61-47(59-36-7-5-17-55-49(36)61)29-21-34-51(57-24-29)66-42-11-3-9-40-45(42)53(34)32-19-27(13-15-38(32)64-40)31-23-44(63-26-31)28-14-16-39-33(20-28)54-35-22-30(48-60-37-8-6-18-56-50(37)62(48)2)25-58-52(35)67-43-12-4-10-41(65-39)46(43)54/h3-26H,1-2H3. The van der Waals surface area contributed by atoms with Crippen LogP contribution in [0.1, 0.15) is 0 Å². The van der Waals surface area contributed by atoms with Gasteiger partial charge < -0.3 is 32.5 Å². The van der Waals surface area contributed by atoms with Gasteiger partial charge in [-0.1, -0.05) is 30.3 Å². The summed E-state index contributed by atoms with van der Waals surface area (Å²) in [4.78, 5) is 28.7. The molecule has 7 aromatic heterocycles. The number of rotatable bonds is 4. The molecule has 0 unspecified atom stereocenters. The van der Waals surface area contributed by atoms with Crippen LogP contribution < -0.4 is 51.7 Å². The Morgan fingerprint density at radius 1 is 0.433 bits per heavy atom. The number of hydrogen-bond acceptors (Lipinski definition) is 11. The van der Waals surface area contributed by atoms with Crippen molar-refractivity contribution in [2.75, 3.05) is 0 Å². The van der Waals surface area contributed by atoms with Gasteiger partial charge in [-0.05, 0) is 112 Å². The Labute approximate surface area is 381 Å². The molecule has 13 nitrogen and oxygen atoms in total. The van der Waals surface area contributed by atoms with Gasteiger partial charge in [-0.2, -0.15) is 0 Å². The van der Waals surface area contributed by atoms with Crippen LogP contribution >= 0.6 is 0 Å². The third-order valence-corrected chi connectivity index (χ3v) is 13.5. The highest BCUT2D eigenvalue weighted by Crippen LogP contribution is 2.39. The van der Waals surface area contributed by atoms with Gasteiger partial charge >= 0.3 is 0 Å². The van der Waals surface area contributed by atoms with E-state index >= 15 is 0 Å². The van der Waals surface area contributed by atoms with Crippen LogP contribution in [0.25, 0.3) is 67.6 Å². The molecule has 4 aromatic carbocycles. The average Bonchev–Trinajstić information content (AvgIpc) is 4.09. The number of aromatic nitrogens is 8. The predicted molar refractivity (Wildman–Crippen MR) is 256 cm³/mol. The Morgan fingerprint density at radius 3 is 1.46 bits per heavy atom. The number of nitrogens with zero attached hydrogens (tertiary/aromatic N) is 8. The molecule has 0 aliphatic carbocycles. The number of hydrogen-bond donors (Lipinski definition) is 0. The van der Waals surface area contributed by atoms with Crippen molar-refractivity contribution in [2.24, 2.45) is 14.1 Å². The first kappa shape index (κ1) is 36.4. The minimum atomic E-state index is -0.229. The van der Waals surface area contributed by atoms with E-state index in [2.05, 4.69) is 46.4 Å². The highest BCUT2D eigenvalue weighted by Gasteiger charge is 2.43. The Kier molecular flexibility index (Phi) is 7.22. The molecule has 0 amide bonds. The summed E-state index contributed by atoms with van der Waals surface area (Å²) in [5.74, 6) is 7.80. The quantitative estimate of drug-likeness (QED) is 0.174. The maximum atomic E-state index is 6.59. The summed E-state index contributed by atoms with van der Waals surface area (Å²) >= 11 is 0. The van der Waals surface area contributed by atoms with E-state index < -0.39 is 0 Å². The normalized spacial score (nSPS) is 13.3. The van der Waals surface area contributed by atoms with E-state index in [1.165, 1.54) is 0 Å². The predicted octanol–water partition coefficient (Wildman–Crippen LogP) is 6.76. The van der Waals surface area contributed by atoms with Gasteiger partial charge in [0.1, 0.15) is 62.9 Å². The molecular formula is C52H30B2N8O5. The molecule has 0 fully saturated rings. The second-order valence-corrected chi connectivity index (χ2v) is 17.2. The Bertz CT molecular complexity index is 3690. The zero-order valence-electron chi connectivity index (χ0n) is 35.6. The molecule has 4 aliphatic rings. The number of aryl methyl sites for hydroxylation is 2. The summed E-state index contributed by atoms with van der Waals surface area (Å²) < 4.78 is 36.5. The second-order valence-electron chi connectivity index (χ2n) is 17.2. The zero-order chi connectivity index (χ0) is 44.1. The average molecular weight is 868 g/mol. The third-order valence-electron chi connectivity index (χ3n) is 13.5.